The molecule has 0 fully saturated rings. The summed E-state index contributed by atoms with van der Waals surface area (Å²) in [6, 6.07) is -1.40. The van der Waals surface area contributed by atoms with Crippen LogP contribution in [0.15, 0.2) is 12.4 Å². The molecule has 0 spiro atoms. The van der Waals surface area contributed by atoms with E-state index in [0.29, 0.717) is 13.1 Å². The Kier molecular flexibility index (Phi) is 5.09. The Morgan fingerprint density at radius 3 is 2.67 bits per heavy atom. The standard InChI is InChI=1S/C10H17N5O3/c1-7(2)8(9(16)17)13-10(18)11-3-5-15-6-4-12-14-15/h4,6-8H,3,5H2,1-2H3,(H,16,17)(H2,11,13,18)/t8-/m1/s1. The van der Waals surface area contributed by atoms with Crippen LogP contribution in [0.4, 0.5) is 4.79 Å². The molecular weight excluding hydrogens is 238 g/mol. The smallest absolute Gasteiger partial charge is 0.326 e. The largest absolute Gasteiger partial charge is 0.480 e. The van der Waals surface area contributed by atoms with E-state index in [-0.39, 0.29) is 5.92 Å². The van der Waals surface area contributed by atoms with E-state index < -0.39 is 18.0 Å². The lowest BCUT2D eigenvalue weighted by molar-refractivity contribution is -0.140. The Hall–Kier alpha value is -2.12. The number of rotatable bonds is 6. The zero-order valence-electron chi connectivity index (χ0n) is 10.3. The van der Waals surface area contributed by atoms with Gasteiger partial charge in [0.2, 0.25) is 0 Å². The average molecular weight is 255 g/mol. The van der Waals surface area contributed by atoms with E-state index in [0.717, 1.165) is 0 Å². The monoisotopic (exact) mass is 255 g/mol. The van der Waals surface area contributed by atoms with Gasteiger partial charge in [-0.2, -0.15) is 0 Å². The van der Waals surface area contributed by atoms with Crippen LogP contribution in [-0.2, 0) is 11.3 Å². The van der Waals surface area contributed by atoms with Crippen molar-refractivity contribution in [3.05, 3.63) is 12.4 Å². The van der Waals surface area contributed by atoms with Gasteiger partial charge in [0.15, 0.2) is 0 Å². The quantitative estimate of drug-likeness (QED) is 0.645. The van der Waals surface area contributed by atoms with E-state index in [4.69, 9.17) is 5.11 Å². The van der Waals surface area contributed by atoms with Crippen molar-refractivity contribution >= 4 is 12.0 Å². The van der Waals surface area contributed by atoms with Crippen LogP contribution in [0.5, 0.6) is 0 Å². The molecule has 1 rings (SSSR count). The first-order chi connectivity index (χ1) is 8.50. The molecule has 3 N–H and O–H groups in total. The molecule has 2 amide bonds. The molecule has 1 aromatic heterocycles. The fraction of sp³-hybridized carbons (Fsp3) is 0.600. The molecule has 0 bridgehead atoms. The number of aliphatic carboxylic acids is 1. The minimum atomic E-state index is -1.04. The summed E-state index contributed by atoms with van der Waals surface area (Å²) in [6.07, 6.45) is 3.22. The van der Waals surface area contributed by atoms with E-state index >= 15 is 0 Å². The fourth-order valence-electron chi connectivity index (χ4n) is 1.34. The van der Waals surface area contributed by atoms with Crippen LogP contribution >= 0.6 is 0 Å². The van der Waals surface area contributed by atoms with Crippen LogP contribution in [0.25, 0.3) is 0 Å². The molecule has 8 nitrogen and oxygen atoms in total. The number of amides is 2. The summed E-state index contributed by atoms with van der Waals surface area (Å²) >= 11 is 0. The second-order valence-corrected chi connectivity index (χ2v) is 4.13. The Bertz CT molecular complexity index is 390. The summed E-state index contributed by atoms with van der Waals surface area (Å²) < 4.78 is 1.57. The van der Waals surface area contributed by atoms with Crippen LogP contribution < -0.4 is 10.6 Å². The highest BCUT2D eigenvalue weighted by Gasteiger charge is 2.22. The molecule has 100 valence electrons. The van der Waals surface area contributed by atoms with Crippen molar-refractivity contribution in [2.24, 2.45) is 5.92 Å². The lowest BCUT2D eigenvalue weighted by atomic mass is 10.1. The van der Waals surface area contributed by atoms with Gasteiger partial charge in [-0.05, 0) is 5.92 Å². The summed E-state index contributed by atoms with van der Waals surface area (Å²) in [4.78, 5) is 22.3. The number of nitrogens with one attached hydrogen (secondary N) is 2. The van der Waals surface area contributed by atoms with E-state index in [1.54, 1.807) is 30.9 Å². The number of carboxylic acid groups (broad SMARTS) is 1. The van der Waals surface area contributed by atoms with Gasteiger partial charge in [0.1, 0.15) is 6.04 Å². The molecule has 0 saturated carbocycles. The summed E-state index contributed by atoms with van der Waals surface area (Å²) in [5.74, 6) is -1.22. The van der Waals surface area contributed by atoms with Crippen molar-refractivity contribution in [3.63, 3.8) is 0 Å². The number of urea groups is 1. The van der Waals surface area contributed by atoms with Crippen LogP contribution in [-0.4, -0.2) is 44.7 Å². The minimum absolute atomic E-state index is 0.177. The normalized spacial score (nSPS) is 12.2. The predicted molar refractivity (Wildman–Crippen MR) is 62.8 cm³/mol. The molecule has 0 aliphatic carbocycles. The van der Waals surface area contributed by atoms with Crippen LogP contribution in [0, 0.1) is 5.92 Å². The van der Waals surface area contributed by atoms with Crippen LogP contribution in [0.3, 0.4) is 0 Å². The van der Waals surface area contributed by atoms with Gasteiger partial charge < -0.3 is 15.7 Å². The maximum Gasteiger partial charge on any atom is 0.326 e. The first kappa shape index (κ1) is 13.9. The molecule has 0 saturated heterocycles. The zero-order chi connectivity index (χ0) is 13.5. The SMILES string of the molecule is CC(C)[C@@H](NC(=O)NCCn1ccnn1)C(=O)O. The number of hydrogen-bond acceptors (Lipinski definition) is 4. The van der Waals surface area contributed by atoms with Gasteiger partial charge in [-0.1, -0.05) is 19.1 Å². The van der Waals surface area contributed by atoms with Gasteiger partial charge in [0.05, 0.1) is 12.7 Å². The Balaban J connectivity index is 2.30. The van der Waals surface area contributed by atoms with Gasteiger partial charge >= 0.3 is 12.0 Å². The number of carbonyl (C=O) groups excluding carboxylic acids is 1. The van der Waals surface area contributed by atoms with Crippen molar-refractivity contribution in [1.82, 2.24) is 25.6 Å². The Labute approximate surface area is 104 Å². The summed E-state index contributed by atoms with van der Waals surface area (Å²) in [5, 5.41) is 21.2. The number of carbonyl (C=O) groups is 2. The molecule has 1 atom stereocenters. The molecule has 8 heteroatoms. The molecule has 18 heavy (non-hydrogen) atoms. The topological polar surface area (TPSA) is 109 Å². The highest BCUT2D eigenvalue weighted by Crippen LogP contribution is 2.00. The van der Waals surface area contributed by atoms with E-state index in [2.05, 4.69) is 20.9 Å². The van der Waals surface area contributed by atoms with Crippen LogP contribution in [0.2, 0.25) is 0 Å². The average Bonchev–Trinajstić information content (AvgIpc) is 2.78. The van der Waals surface area contributed by atoms with Crippen molar-refractivity contribution < 1.29 is 14.7 Å². The molecule has 0 radical (unpaired) electrons. The van der Waals surface area contributed by atoms with Gasteiger partial charge in [-0.15, -0.1) is 5.10 Å². The molecule has 1 aromatic rings. The second-order valence-electron chi connectivity index (χ2n) is 4.13. The van der Waals surface area contributed by atoms with Gasteiger partial charge in [-0.25, -0.2) is 9.59 Å². The van der Waals surface area contributed by atoms with Crippen molar-refractivity contribution in [2.45, 2.75) is 26.4 Å². The second kappa shape index (κ2) is 6.58. The van der Waals surface area contributed by atoms with E-state index in [9.17, 15) is 9.59 Å². The van der Waals surface area contributed by atoms with Crippen LogP contribution in [0.1, 0.15) is 13.8 Å². The Morgan fingerprint density at radius 1 is 1.44 bits per heavy atom. The fourth-order valence-corrected chi connectivity index (χ4v) is 1.34. The Morgan fingerprint density at radius 2 is 2.17 bits per heavy atom. The first-order valence-electron chi connectivity index (χ1n) is 5.62. The molecule has 0 aromatic carbocycles. The molecule has 0 unspecified atom stereocenters. The van der Waals surface area contributed by atoms with Crippen molar-refractivity contribution in [3.8, 4) is 0 Å². The summed E-state index contributed by atoms with van der Waals surface area (Å²) in [7, 11) is 0. The highest BCUT2D eigenvalue weighted by atomic mass is 16.4. The van der Waals surface area contributed by atoms with Crippen molar-refractivity contribution in [2.75, 3.05) is 6.54 Å². The molecular formula is C10H17N5O3. The highest BCUT2D eigenvalue weighted by molar-refractivity contribution is 5.82. The summed E-state index contributed by atoms with van der Waals surface area (Å²) in [5.41, 5.74) is 0. The first-order valence-corrected chi connectivity index (χ1v) is 5.62. The third-order valence-electron chi connectivity index (χ3n) is 2.32. The third kappa shape index (κ3) is 4.40. The number of carboxylic acids is 1. The van der Waals surface area contributed by atoms with Gasteiger partial charge in [0.25, 0.3) is 0 Å². The zero-order valence-corrected chi connectivity index (χ0v) is 10.3. The molecule has 0 aliphatic heterocycles. The summed E-state index contributed by atoms with van der Waals surface area (Å²) in [6.45, 7) is 4.29. The predicted octanol–water partition coefficient (Wildman–Crippen LogP) is -0.313. The van der Waals surface area contributed by atoms with E-state index in [1.807, 2.05) is 0 Å². The van der Waals surface area contributed by atoms with Crippen molar-refractivity contribution in [1.29, 1.82) is 0 Å². The minimum Gasteiger partial charge on any atom is -0.480 e. The molecule has 1 heterocycles. The van der Waals surface area contributed by atoms with Gasteiger partial charge in [0, 0.05) is 12.7 Å². The van der Waals surface area contributed by atoms with E-state index in [1.165, 1.54) is 0 Å². The lowest BCUT2D eigenvalue weighted by Crippen LogP contribution is -2.49. The molecule has 0 aliphatic rings. The van der Waals surface area contributed by atoms with Gasteiger partial charge in [-0.3, -0.25) is 4.68 Å². The number of aromatic nitrogens is 3. The maximum absolute atomic E-state index is 11.5. The number of nitrogens with zero attached hydrogens (tertiary/aromatic N) is 3. The lowest BCUT2D eigenvalue weighted by Gasteiger charge is -2.18. The third-order valence-corrected chi connectivity index (χ3v) is 2.32. The number of hydrogen-bond donors (Lipinski definition) is 3. The maximum atomic E-state index is 11.5.